The smallest absolute Gasteiger partial charge is 0.330 e. The Kier molecular flexibility index (Phi) is 6.20. The Morgan fingerprint density at radius 3 is 2.47 bits per heavy atom. The number of nitrogens with zero attached hydrogens (tertiary/aromatic N) is 3. The van der Waals surface area contributed by atoms with Crippen molar-refractivity contribution in [2.45, 2.75) is 26.2 Å². The molecule has 1 unspecified atom stereocenters. The number of aromatic nitrogens is 4. The Bertz CT molecular complexity index is 1490. The van der Waals surface area contributed by atoms with Crippen molar-refractivity contribution in [3.05, 3.63) is 74.4 Å². The third-order valence-electron chi connectivity index (χ3n) is 5.26. The number of methoxy groups -OCH3 is 1. The van der Waals surface area contributed by atoms with E-state index in [2.05, 4.69) is 9.97 Å². The maximum Gasteiger partial charge on any atom is 0.330 e. The lowest BCUT2D eigenvalue weighted by atomic mass is 10.2. The van der Waals surface area contributed by atoms with Crippen LogP contribution >= 0.6 is 0 Å². The molecule has 0 amide bonds. The standard InChI is InChI=1S/C23H22F2N4O5/c1-12(30)10-29-21-19(22(31)27-23(29)32)28(2)20(26-21)14-5-7-18(16(25)9-14)34-11-13-4-6-17(33-3)15(24)8-13/h4-9,12,30H,10-11H2,1-3H3,(H,27,31,32). The van der Waals surface area contributed by atoms with Crippen LogP contribution in [0.2, 0.25) is 0 Å². The quantitative estimate of drug-likeness (QED) is 0.427. The summed E-state index contributed by atoms with van der Waals surface area (Å²) in [6.45, 7) is 1.36. The number of aliphatic hydroxyl groups excluding tert-OH is 1. The van der Waals surface area contributed by atoms with Gasteiger partial charge >= 0.3 is 5.69 Å². The number of imidazole rings is 1. The van der Waals surface area contributed by atoms with Crippen LogP contribution in [-0.2, 0) is 20.2 Å². The molecule has 2 N–H and O–H groups in total. The number of rotatable bonds is 7. The normalized spacial score (nSPS) is 12.2. The van der Waals surface area contributed by atoms with Gasteiger partial charge in [0, 0.05) is 12.6 Å². The molecular formula is C23H22F2N4O5. The largest absolute Gasteiger partial charge is 0.494 e. The fourth-order valence-electron chi connectivity index (χ4n) is 3.66. The first-order chi connectivity index (χ1) is 16.2. The van der Waals surface area contributed by atoms with Gasteiger partial charge in [-0.3, -0.25) is 14.3 Å². The number of halogens is 2. The first-order valence-corrected chi connectivity index (χ1v) is 10.3. The summed E-state index contributed by atoms with van der Waals surface area (Å²) in [4.78, 5) is 31.2. The van der Waals surface area contributed by atoms with Crippen LogP contribution in [0.25, 0.3) is 22.6 Å². The SMILES string of the molecule is COc1ccc(COc2ccc(-c3nc4c(c(=O)[nH]c(=O)n4CC(C)O)n3C)cc2F)cc1F. The molecule has 0 aliphatic heterocycles. The van der Waals surface area contributed by atoms with E-state index in [0.29, 0.717) is 11.1 Å². The number of hydrogen-bond donors (Lipinski definition) is 2. The van der Waals surface area contributed by atoms with Crippen molar-refractivity contribution in [1.82, 2.24) is 19.1 Å². The van der Waals surface area contributed by atoms with Gasteiger partial charge in [-0.25, -0.2) is 18.6 Å². The molecule has 0 saturated heterocycles. The van der Waals surface area contributed by atoms with Crippen LogP contribution in [0.15, 0.2) is 46.0 Å². The Morgan fingerprint density at radius 1 is 1.12 bits per heavy atom. The molecule has 178 valence electrons. The Balaban J connectivity index is 1.66. The Hall–Kier alpha value is -3.99. The van der Waals surface area contributed by atoms with Crippen molar-refractivity contribution in [2.75, 3.05) is 7.11 Å². The maximum absolute atomic E-state index is 14.8. The number of nitrogens with one attached hydrogen (secondary N) is 1. The van der Waals surface area contributed by atoms with Gasteiger partial charge in [0.05, 0.1) is 19.8 Å². The van der Waals surface area contributed by atoms with E-state index in [-0.39, 0.29) is 41.6 Å². The van der Waals surface area contributed by atoms with Gasteiger partial charge in [-0.05, 0) is 42.8 Å². The molecule has 2 heterocycles. The number of aliphatic hydroxyl groups is 1. The molecule has 11 heteroatoms. The van der Waals surface area contributed by atoms with Crippen LogP contribution in [0.1, 0.15) is 12.5 Å². The van der Waals surface area contributed by atoms with Gasteiger partial charge in [-0.2, -0.15) is 0 Å². The highest BCUT2D eigenvalue weighted by Gasteiger charge is 2.19. The molecule has 4 rings (SSSR count). The van der Waals surface area contributed by atoms with E-state index in [0.717, 1.165) is 4.57 Å². The van der Waals surface area contributed by atoms with E-state index < -0.39 is 29.0 Å². The van der Waals surface area contributed by atoms with E-state index in [4.69, 9.17) is 9.47 Å². The number of ether oxygens (including phenoxy) is 2. The molecule has 1 atom stereocenters. The number of fused-ring (bicyclic) bond motifs is 1. The van der Waals surface area contributed by atoms with Crippen molar-refractivity contribution in [3.8, 4) is 22.9 Å². The zero-order chi connectivity index (χ0) is 24.6. The van der Waals surface area contributed by atoms with E-state index >= 15 is 0 Å². The monoisotopic (exact) mass is 472 g/mol. The maximum atomic E-state index is 14.8. The van der Waals surface area contributed by atoms with Gasteiger partial charge in [0.25, 0.3) is 5.56 Å². The summed E-state index contributed by atoms with van der Waals surface area (Å²) < 4.78 is 41.6. The van der Waals surface area contributed by atoms with Gasteiger partial charge in [0.1, 0.15) is 12.4 Å². The summed E-state index contributed by atoms with van der Waals surface area (Å²) in [5, 5.41) is 9.72. The third kappa shape index (κ3) is 4.29. The number of hydrogen-bond acceptors (Lipinski definition) is 6. The van der Waals surface area contributed by atoms with Gasteiger partial charge in [-0.15, -0.1) is 0 Å². The number of benzene rings is 2. The predicted octanol–water partition coefficient (Wildman–Crippen LogP) is 2.34. The second-order valence-electron chi connectivity index (χ2n) is 7.79. The Morgan fingerprint density at radius 2 is 1.82 bits per heavy atom. The highest BCUT2D eigenvalue weighted by molar-refractivity contribution is 5.77. The summed E-state index contributed by atoms with van der Waals surface area (Å²) in [5.74, 6) is -0.950. The van der Waals surface area contributed by atoms with E-state index in [9.17, 15) is 23.5 Å². The van der Waals surface area contributed by atoms with Crippen LogP contribution < -0.4 is 20.7 Å². The van der Waals surface area contributed by atoms with E-state index in [1.54, 1.807) is 19.2 Å². The van der Waals surface area contributed by atoms with Crippen LogP contribution in [0.4, 0.5) is 8.78 Å². The minimum absolute atomic E-state index is 0.0531. The molecule has 0 radical (unpaired) electrons. The number of aryl methyl sites for hydroxylation is 1. The second kappa shape index (κ2) is 9.10. The van der Waals surface area contributed by atoms with E-state index in [1.807, 2.05) is 0 Å². The van der Waals surface area contributed by atoms with Gasteiger partial charge in [0.15, 0.2) is 34.3 Å². The summed E-state index contributed by atoms with van der Waals surface area (Å²) in [5.41, 5.74) is -0.322. The summed E-state index contributed by atoms with van der Waals surface area (Å²) in [6.07, 6.45) is -0.856. The lowest BCUT2D eigenvalue weighted by Crippen LogP contribution is -2.33. The third-order valence-corrected chi connectivity index (χ3v) is 5.26. The molecule has 2 aromatic carbocycles. The summed E-state index contributed by atoms with van der Waals surface area (Å²) >= 11 is 0. The van der Waals surface area contributed by atoms with Crippen LogP contribution in [0, 0.1) is 11.6 Å². The molecule has 2 aromatic heterocycles. The number of H-pyrrole nitrogens is 1. The fourth-order valence-corrected chi connectivity index (χ4v) is 3.66. The number of aromatic amines is 1. The van der Waals surface area contributed by atoms with Crippen molar-refractivity contribution in [2.24, 2.45) is 7.05 Å². The van der Waals surface area contributed by atoms with E-state index in [1.165, 1.54) is 42.9 Å². The van der Waals surface area contributed by atoms with Gasteiger partial charge in [-0.1, -0.05) is 6.07 Å². The van der Waals surface area contributed by atoms with Crippen molar-refractivity contribution in [3.63, 3.8) is 0 Å². The summed E-state index contributed by atoms with van der Waals surface area (Å²) in [7, 11) is 2.93. The van der Waals surface area contributed by atoms with Crippen LogP contribution in [0.5, 0.6) is 11.5 Å². The second-order valence-corrected chi connectivity index (χ2v) is 7.79. The first kappa shape index (κ1) is 23.2. The molecule has 0 bridgehead atoms. The topological polar surface area (TPSA) is 111 Å². The minimum atomic E-state index is -0.856. The average Bonchev–Trinajstić information content (AvgIpc) is 3.13. The van der Waals surface area contributed by atoms with Crippen molar-refractivity contribution < 1.29 is 23.4 Å². The zero-order valence-corrected chi connectivity index (χ0v) is 18.6. The highest BCUT2D eigenvalue weighted by atomic mass is 19.1. The molecule has 34 heavy (non-hydrogen) atoms. The van der Waals surface area contributed by atoms with Gasteiger partial charge < -0.3 is 19.1 Å². The lowest BCUT2D eigenvalue weighted by Gasteiger charge is -2.10. The van der Waals surface area contributed by atoms with Crippen molar-refractivity contribution >= 4 is 11.2 Å². The Labute approximate surface area is 191 Å². The van der Waals surface area contributed by atoms with Crippen molar-refractivity contribution in [1.29, 1.82) is 0 Å². The summed E-state index contributed by atoms with van der Waals surface area (Å²) in [6, 6.07) is 8.46. The fraction of sp³-hybridized carbons (Fsp3) is 0.261. The molecule has 9 nitrogen and oxygen atoms in total. The van der Waals surface area contributed by atoms with Crippen LogP contribution in [-0.4, -0.2) is 37.4 Å². The highest BCUT2D eigenvalue weighted by Crippen LogP contribution is 2.27. The molecule has 0 aliphatic carbocycles. The van der Waals surface area contributed by atoms with Crippen LogP contribution in [0.3, 0.4) is 0 Å². The average molecular weight is 472 g/mol. The molecule has 0 spiro atoms. The zero-order valence-electron chi connectivity index (χ0n) is 18.6. The van der Waals surface area contributed by atoms with Gasteiger partial charge in [0.2, 0.25) is 0 Å². The molecule has 0 aliphatic rings. The molecule has 4 aromatic rings. The minimum Gasteiger partial charge on any atom is -0.494 e. The predicted molar refractivity (Wildman–Crippen MR) is 120 cm³/mol. The first-order valence-electron chi connectivity index (χ1n) is 10.3. The molecule has 0 saturated carbocycles. The molecular weight excluding hydrogens is 450 g/mol. The lowest BCUT2D eigenvalue weighted by molar-refractivity contribution is 0.173. The molecule has 0 fully saturated rings.